The van der Waals surface area contributed by atoms with Gasteiger partial charge in [-0.15, -0.1) is 0 Å². The normalized spacial score (nSPS) is 12.4. The van der Waals surface area contributed by atoms with Crippen molar-refractivity contribution in [1.29, 1.82) is 0 Å². The number of hydrogen-bond donors (Lipinski definition) is 3. The first-order chi connectivity index (χ1) is 13.7. The van der Waals surface area contributed by atoms with Gasteiger partial charge in [0.05, 0.1) is 33.4 Å². The molecule has 3 rings (SSSR count). The summed E-state index contributed by atoms with van der Waals surface area (Å²) >= 11 is 0. The molecular weight excluding hydrogens is 418 g/mol. The molecule has 3 aromatic carbocycles. The number of carbonyl (C=O) groups is 1. The molecule has 3 aromatic rings. The fraction of sp³-hybridized carbons (Fsp3) is 0.105. The second-order valence-electron chi connectivity index (χ2n) is 5.98. The van der Waals surface area contributed by atoms with Crippen LogP contribution in [0.25, 0.3) is 10.8 Å². The Hall–Kier alpha value is -3.11. The van der Waals surface area contributed by atoms with E-state index in [1.807, 2.05) is 0 Å². The van der Waals surface area contributed by atoms with Crippen LogP contribution in [0.5, 0.6) is 11.5 Å². The summed E-state index contributed by atoms with van der Waals surface area (Å²) in [7, 11) is -4.62. The molecule has 0 bridgehead atoms. The van der Waals surface area contributed by atoms with Gasteiger partial charge in [0.1, 0.15) is 17.3 Å². The van der Waals surface area contributed by atoms with E-state index in [4.69, 9.17) is 9.84 Å². The average Bonchev–Trinajstić information content (AvgIpc) is 2.69. The van der Waals surface area contributed by atoms with Crippen LogP contribution in [0.3, 0.4) is 0 Å². The predicted molar refractivity (Wildman–Crippen MR) is 108 cm³/mol. The first kappa shape index (κ1) is 20.6. The maximum Gasteiger partial charge on any atom is 0.316 e. The van der Waals surface area contributed by atoms with E-state index in [0.717, 1.165) is 0 Å². The van der Waals surface area contributed by atoms with Crippen molar-refractivity contribution in [2.45, 2.75) is 9.79 Å². The average molecular weight is 435 g/mol. The van der Waals surface area contributed by atoms with E-state index in [0.29, 0.717) is 11.1 Å². The molecule has 152 valence electrons. The number of fused-ring (bicyclic) bond motifs is 1. The highest BCUT2D eigenvalue weighted by molar-refractivity contribution is 7.92. The zero-order chi connectivity index (χ0) is 21.2. The lowest BCUT2D eigenvalue weighted by molar-refractivity contribution is -0.133. The van der Waals surface area contributed by atoms with Gasteiger partial charge in [-0.3, -0.25) is 13.7 Å². The summed E-state index contributed by atoms with van der Waals surface area (Å²) in [5.74, 6) is -1.90. The first-order valence-corrected chi connectivity index (χ1v) is 11.0. The van der Waals surface area contributed by atoms with Gasteiger partial charge < -0.3 is 14.9 Å². The Bertz CT molecular complexity index is 1210. The highest BCUT2D eigenvalue weighted by Crippen LogP contribution is 2.37. The van der Waals surface area contributed by atoms with Crippen LogP contribution in [0.15, 0.2) is 64.4 Å². The van der Waals surface area contributed by atoms with E-state index in [9.17, 15) is 22.5 Å². The third-order valence-electron chi connectivity index (χ3n) is 4.10. The molecule has 8 nitrogen and oxygen atoms in total. The van der Waals surface area contributed by atoms with Crippen molar-refractivity contribution in [2.24, 2.45) is 0 Å². The molecule has 0 heterocycles. The van der Waals surface area contributed by atoms with E-state index in [1.54, 1.807) is 18.2 Å². The summed E-state index contributed by atoms with van der Waals surface area (Å²) in [6.07, 6.45) is 0. The van der Waals surface area contributed by atoms with Crippen molar-refractivity contribution in [1.82, 2.24) is 0 Å². The second kappa shape index (κ2) is 8.10. The van der Waals surface area contributed by atoms with E-state index in [-0.39, 0.29) is 26.6 Å². The Labute approximate surface area is 169 Å². The number of hydrogen-bond acceptors (Lipinski definition) is 6. The lowest BCUT2D eigenvalue weighted by Gasteiger charge is -2.15. The fourth-order valence-electron chi connectivity index (χ4n) is 2.74. The number of phenols is 1. The van der Waals surface area contributed by atoms with Crippen molar-refractivity contribution >= 4 is 43.3 Å². The fourth-order valence-corrected chi connectivity index (χ4v) is 4.77. The molecule has 0 saturated heterocycles. The number of methoxy groups -OCH3 is 1. The van der Waals surface area contributed by atoms with Crippen LogP contribution >= 0.6 is 0 Å². The molecule has 1 atom stereocenters. The van der Waals surface area contributed by atoms with Crippen molar-refractivity contribution in [3.05, 3.63) is 54.6 Å². The number of rotatable bonds is 7. The topological polar surface area (TPSA) is 130 Å². The van der Waals surface area contributed by atoms with Crippen molar-refractivity contribution in [2.75, 3.05) is 17.6 Å². The van der Waals surface area contributed by atoms with Gasteiger partial charge in [-0.1, -0.05) is 24.3 Å². The molecule has 0 amide bonds. The minimum absolute atomic E-state index is 0.0244. The maximum absolute atomic E-state index is 12.8. The standard InChI is InChI=1S/C19H17NO7S2/c1-27-12-6-8-13(9-7-12)29(25,26)20-16-10-17(28(24)11-18(21)22)19(23)15-5-3-2-4-14(15)16/h2-10,20,23H,11H2,1H3,(H,21,22). The van der Waals surface area contributed by atoms with Gasteiger partial charge in [-0.25, -0.2) is 8.42 Å². The summed E-state index contributed by atoms with van der Waals surface area (Å²) in [4.78, 5) is 10.7. The van der Waals surface area contributed by atoms with Gasteiger partial charge in [-0.2, -0.15) is 0 Å². The molecule has 0 aliphatic rings. The largest absolute Gasteiger partial charge is 0.506 e. The molecule has 0 aliphatic heterocycles. The zero-order valence-electron chi connectivity index (χ0n) is 15.2. The summed E-state index contributed by atoms with van der Waals surface area (Å²) in [6.45, 7) is 0. The van der Waals surface area contributed by atoms with E-state index >= 15 is 0 Å². The second-order valence-corrected chi connectivity index (χ2v) is 9.08. The van der Waals surface area contributed by atoms with Crippen LogP contribution < -0.4 is 9.46 Å². The number of ether oxygens (including phenoxy) is 1. The molecule has 29 heavy (non-hydrogen) atoms. The molecule has 0 aromatic heterocycles. The summed E-state index contributed by atoms with van der Waals surface area (Å²) in [5, 5.41) is 20.0. The summed E-state index contributed by atoms with van der Waals surface area (Å²) in [6, 6.07) is 13.3. The number of aliphatic carboxylic acids is 1. The number of nitrogens with one attached hydrogen (secondary N) is 1. The zero-order valence-corrected chi connectivity index (χ0v) is 16.8. The third-order valence-corrected chi connectivity index (χ3v) is 6.79. The Morgan fingerprint density at radius 3 is 2.31 bits per heavy atom. The highest BCUT2D eigenvalue weighted by Gasteiger charge is 2.21. The molecule has 0 aliphatic carbocycles. The van der Waals surface area contributed by atoms with Crippen LogP contribution in [0.2, 0.25) is 0 Å². The minimum Gasteiger partial charge on any atom is -0.506 e. The lowest BCUT2D eigenvalue weighted by atomic mass is 10.1. The Kier molecular flexibility index (Phi) is 5.76. The number of phenolic OH excluding ortho intramolecular Hbond substituents is 1. The van der Waals surface area contributed by atoms with Gasteiger partial charge in [0.2, 0.25) is 0 Å². The highest BCUT2D eigenvalue weighted by atomic mass is 32.2. The Morgan fingerprint density at radius 2 is 1.72 bits per heavy atom. The third kappa shape index (κ3) is 4.33. The molecule has 0 saturated carbocycles. The van der Waals surface area contributed by atoms with Crippen molar-refractivity contribution in [3.8, 4) is 11.5 Å². The van der Waals surface area contributed by atoms with E-state index in [1.165, 1.54) is 43.5 Å². The molecule has 3 N–H and O–H groups in total. The SMILES string of the molecule is COc1ccc(S(=O)(=O)Nc2cc(S(=O)CC(=O)O)c(O)c3ccccc23)cc1. The number of sulfonamides is 1. The summed E-state index contributed by atoms with van der Waals surface area (Å²) < 4.78 is 45.4. The van der Waals surface area contributed by atoms with Crippen molar-refractivity contribution < 1.29 is 32.4 Å². The van der Waals surface area contributed by atoms with Crippen LogP contribution in [-0.2, 0) is 25.6 Å². The number of carboxylic acid groups (broad SMARTS) is 1. The predicted octanol–water partition coefficient (Wildman–Crippen LogP) is 2.55. The molecular formula is C19H17NO7S2. The summed E-state index contributed by atoms with van der Waals surface area (Å²) in [5.41, 5.74) is 0.0722. The molecule has 1 unspecified atom stereocenters. The van der Waals surface area contributed by atoms with Crippen LogP contribution in [0.1, 0.15) is 0 Å². The molecule has 0 radical (unpaired) electrons. The Balaban J connectivity index is 2.11. The van der Waals surface area contributed by atoms with E-state index in [2.05, 4.69) is 4.72 Å². The minimum atomic E-state index is -4.01. The maximum atomic E-state index is 12.8. The quantitative estimate of drug-likeness (QED) is 0.486. The van der Waals surface area contributed by atoms with Gasteiger partial charge in [0.15, 0.2) is 0 Å². The smallest absolute Gasteiger partial charge is 0.316 e. The van der Waals surface area contributed by atoms with Gasteiger partial charge >= 0.3 is 5.97 Å². The van der Waals surface area contributed by atoms with Crippen LogP contribution in [0.4, 0.5) is 5.69 Å². The number of benzene rings is 3. The van der Waals surface area contributed by atoms with Gasteiger partial charge in [0.25, 0.3) is 10.0 Å². The first-order valence-electron chi connectivity index (χ1n) is 8.24. The Morgan fingerprint density at radius 1 is 1.10 bits per heavy atom. The van der Waals surface area contributed by atoms with Crippen LogP contribution in [0, 0.1) is 0 Å². The number of carboxylic acids is 1. The molecule has 0 spiro atoms. The van der Waals surface area contributed by atoms with Crippen LogP contribution in [-0.4, -0.2) is 41.7 Å². The van der Waals surface area contributed by atoms with Gasteiger partial charge in [0, 0.05) is 10.8 Å². The molecule has 10 heteroatoms. The van der Waals surface area contributed by atoms with E-state index < -0.39 is 32.5 Å². The number of aromatic hydroxyl groups is 1. The monoisotopic (exact) mass is 435 g/mol. The number of anilines is 1. The molecule has 0 fully saturated rings. The van der Waals surface area contributed by atoms with Gasteiger partial charge in [-0.05, 0) is 30.3 Å². The lowest BCUT2D eigenvalue weighted by Crippen LogP contribution is -2.14. The van der Waals surface area contributed by atoms with Crippen molar-refractivity contribution in [3.63, 3.8) is 0 Å².